The van der Waals surface area contributed by atoms with Gasteiger partial charge in [0.25, 0.3) is 0 Å². The van der Waals surface area contributed by atoms with E-state index in [9.17, 15) is 4.79 Å². The van der Waals surface area contributed by atoms with Crippen molar-refractivity contribution in [2.24, 2.45) is 0 Å². The van der Waals surface area contributed by atoms with Crippen molar-refractivity contribution >= 4 is 5.78 Å². The van der Waals surface area contributed by atoms with Crippen LogP contribution in [0.1, 0.15) is 24.2 Å². The lowest BCUT2D eigenvalue weighted by molar-refractivity contribution is 0.0933. The number of benzene rings is 1. The van der Waals surface area contributed by atoms with Crippen molar-refractivity contribution in [3.05, 3.63) is 17.7 Å². The molecule has 0 N–H and O–H groups in total. The fraction of sp³-hybridized carbons (Fsp3) is 0.533. The molecule has 0 aliphatic carbocycles. The van der Waals surface area contributed by atoms with E-state index in [2.05, 4.69) is 4.90 Å². The van der Waals surface area contributed by atoms with E-state index in [-0.39, 0.29) is 5.78 Å². The summed E-state index contributed by atoms with van der Waals surface area (Å²) in [5.74, 6) is 1.42. The zero-order valence-corrected chi connectivity index (χ0v) is 12.9. The van der Waals surface area contributed by atoms with Gasteiger partial charge in [-0.1, -0.05) is 13.8 Å². The zero-order chi connectivity index (χ0) is 15.1. The molecule has 0 aromatic heterocycles. The molecule has 0 amide bonds. The summed E-state index contributed by atoms with van der Waals surface area (Å²) in [6.45, 7) is 6.08. The number of ketones is 1. The molecule has 5 heteroatoms. The summed E-state index contributed by atoms with van der Waals surface area (Å²) in [5.41, 5.74) is 0.511. The smallest absolute Gasteiger partial charge is 0.204 e. The van der Waals surface area contributed by atoms with Crippen LogP contribution in [0.15, 0.2) is 12.1 Å². The van der Waals surface area contributed by atoms with E-state index < -0.39 is 0 Å². The summed E-state index contributed by atoms with van der Waals surface area (Å²) in [6.07, 6.45) is 0. The highest BCUT2D eigenvalue weighted by molar-refractivity contribution is 6.01. The summed E-state index contributed by atoms with van der Waals surface area (Å²) in [7, 11) is 4.60. The second-order valence-corrected chi connectivity index (χ2v) is 4.27. The molecular formula is C15H23NO4. The van der Waals surface area contributed by atoms with Gasteiger partial charge in [-0.15, -0.1) is 0 Å². The molecule has 0 heterocycles. The Balaban J connectivity index is 3.14. The quantitative estimate of drug-likeness (QED) is 0.684. The van der Waals surface area contributed by atoms with E-state index in [1.54, 1.807) is 19.2 Å². The summed E-state index contributed by atoms with van der Waals surface area (Å²) < 4.78 is 15.8. The van der Waals surface area contributed by atoms with Crippen molar-refractivity contribution in [2.75, 3.05) is 41.0 Å². The van der Waals surface area contributed by atoms with Crippen LogP contribution in [0, 0.1) is 0 Å². The van der Waals surface area contributed by atoms with Crippen molar-refractivity contribution in [2.45, 2.75) is 13.8 Å². The summed E-state index contributed by atoms with van der Waals surface area (Å²) in [5, 5.41) is 0. The molecule has 5 nitrogen and oxygen atoms in total. The summed E-state index contributed by atoms with van der Waals surface area (Å²) >= 11 is 0. The second-order valence-electron chi connectivity index (χ2n) is 4.27. The maximum Gasteiger partial charge on any atom is 0.204 e. The normalized spacial score (nSPS) is 10.5. The topological polar surface area (TPSA) is 48.0 Å². The largest absolute Gasteiger partial charge is 0.493 e. The highest BCUT2D eigenvalue weighted by Gasteiger charge is 2.21. The molecule has 0 aliphatic heterocycles. The Morgan fingerprint density at radius 1 is 1.00 bits per heavy atom. The molecule has 0 bridgehead atoms. The van der Waals surface area contributed by atoms with Crippen molar-refractivity contribution in [3.8, 4) is 17.2 Å². The Morgan fingerprint density at radius 3 is 2.05 bits per heavy atom. The molecule has 1 rings (SSSR count). The molecular weight excluding hydrogens is 258 g/mol. The summed E-state index contributed by atoms with van der Waals surface area (Å²) in [6, 6.07) is 3.43. The lowest BCUT2D eigenvalue weighted by Gasteiger charge is -2.19. The van der Waals surface area contributed by atoms with E-state index in [4.69, 9.17) is 14.2 Å². The third kappa shape index (κ3) is 3.42. The molecule has 0 unspecified atom stereocenters. The predicted octanol–water partition coefficient (Wildman–Crippen LogP) is 2.24. The fourth-order valence-corrected chi connectivity index (χ4v) is 2.06. The number of hydrogen-bond donors (Lipinski definition) is 0. The fourth-order valence-electron chi connectivity index (χ4n) is 2.06. The van der Waals surface area contributed by atoms with Gasteiger partial charge in [0.1, 0.15) is 0 Å². The van der Waals surface area contributed by atoms with Gasteiger partial charge in [0.05, 0.1) is 33.4 Å². The highest BCUT2D eigenvalue weighted by Crippen LogP contribution is 2.39. The maximum atomic E-state index is 12.4. The van der Waals surface area contributed by atoms with E-state index >= 15 is 0 Å². The number of ether oxygens (including phenoxy) is 3. The number of carbonyl (C=O) groups excluding carboxylic acids is 1. The van der Waals surface area contributed by atoms with E-state index in [1.165, 1.54) is 14.2 Å². The number of rotatable bonds is 8. The highest BCUT2D eigenvalue weighted by atomic mass is 16.5. The van der Waals surface area contributed by atoms with Gasteiger partial charge in [0.2, 0.25) is 5.75 Å². The molecule has 112 valence electrons. The Hall–Kier alpha value is -1.75. The Kier molecular flexibility index (Phi) is 6.31. The standard InChI is InChI=1S/C15H23NO4/c1-6-16(7-2)10-12(17)11-8-9-13(18-3)15(20-5)14(11)19-4/h8-9H,6-7,10H2,1-5H3. The van der Waals surface area contributed by atoms with Crippen LogP contribution in [-0.4, -0.2) is 51.6 Å². The first kappa shape index (κ1) is 16.3. The molecule has 0 saturated heterocycles. The van der Waals surface area contributed by atoms with Crippen LogP contribution in [0.3, 0.4) is 0 Å². The monoisotopic (exact) mass is 281 g/mol. The van der Waals surface area contributed by atoms with Crippen molar-refractivity contribution in [3.63, 3.8) is 0 Å². The Morgan fingerprint density at radius 2 is 1.60 bits per heavy atom. The molecule has 0 saturated carbocycles. The summed E-state index contributed by atoms with van der Waals surface area (Å²) in [4.78, 5) is 14.5. The lowest BCUT2D eigenvalue weighted by Crippen LogP contribution is -2.29. The number of nitrogens with zero attached hydrogens (tertiary/aromatic N) is 1. The van der Waals surface area contributed by atoms with Gasteiger partial charge in [0, 0.05) is 0 Å². The molecule has 0 atom stereocenters. The number of hydrogen-bond acceptors (Lipinski definition) is 5. The third-order valence-electron chi connectivity index (χ3n) is 3.27. The van der Waals surface area contributed by atoms with Gasteiger partial charge in [0.15, 0.2) is 17.3 Å². The van der Waals surface area contributed by atoms with Gasteiger partial charge in [-0.3, -0.25) is 9.69 Å². The zero-order valence-electron chi connectivity index (χ0n) is 12.9. The van der Waals surface area contributed by atoms with Gasteiger partial charge < -0.3 is 14.2 Å². The average molecular weight is 281 g/mol. The van der Waals surface area contributed by atoms with Crippen LogP contribution < -0.4 is 14.2 Å². The number of methoxy groups -OCH3 is 3. The SMILES string of the molecule is CCN(CC)CC(=O)c1ccc(OC)c(OC)c1OC. The number of Topliss-reactive ketones (excluding diaryl/α,β-unsaturated/α-hetero) is 1. The van der Waals surface area contributed by atoms with Crippen LogP contribution in [0.2, 0.25) is 0 Å². The molecule has 1 aromatic carbocycles. The Labute approximate surface area is 120 Å². The molecule has 1 aromatic rings. The van der Waals surface area contributed by atoms with Gasteiger partial charge in [-0.25, -0.2) is 0 Å². The molecule has 20 heavy (non-hydrogen) atoms. The first-order valence-corrected chi connectivity index (χ1v) is 6.67. The van der Waals surface area contributed by atoms with Gasteiger partial charge >= 0.3 is 0 Å². The Bertz CT molecular complexity index is 455. The van der Waals surface area contributed by atoms with Crippen LogP contribution in [-0.2, 0) is 0 Å². The minimum absolute atomic E-state index is 0.00602. The molecule has 0 radical (unpaired) electrons. The van der Waals surface area contributed by atoms with Crippen LogP contribution >= 0.6 is 0 Å². The molecule has 0 spiro atoms. The third-order valence-corrected chi connectivity index (χ3v) is 3.27. The van der Waals surface area contributed by atoms with Crippen LogP contribution in [0.4, 0.5) is 0 Å². The average Bonchev–Trinajstić information content (AvgIpc) is 2.50. The minimum Gasteiger partial charge on any atom is -0.493 e. The van der Waals surface area contributed by atoms with Crippen molar-refractivity contribution in [1.29, 1.82) is 0 Å². The van der Waals surface area contributed by atoms with E-state index in [1.807, 2.05) is 13.8 Å². The second kappa shape index (κ2) is 7.75. The molecule has 0 aliphatic rings. The van der Waals surface area contributed by atoms with Crippen molar-refractivity contribution < 1.29 is 19.0 Å². The maximum absolute atomic E-state index is 12.4. The van der Waals surface area contributed by atoms with Gasteiger partial charge in [-0.2, -0.15) is 0 Å². The van der Waals surface area contributed by atoms with Gasteiger partial charge in [-0.05, 0) is 25.2 Å². The minimum atomic E-state index is 0.00602. The number of carbonyl (C=O) groups is 1. The number of likely N-dealkylation sites (N-methyl/N-ethyl adjacent to an activating group) is 1. The lowest BCUT2D eigenvalue weighted by atomic mass is 10.1. The van der Waals surface area contributed by atoms with Crippen LogP contribution in [0.25, 0.3) is 0 Å². The van der Waals surface area contributed by atoms with E-state index in [0.717, 1.165) is 13.1 Å². The van der Waals surface area contributed by atoms with Crippen molar-refractivity contribution in [1.82, 2.24) is 4.90 Å². The first-order chi connectivity index (χ1) is 9.62. The first-order valence-electron chi connectivity index (χ1n) is 6.67. The van der Waals surface area contributed by atoms with Crippen LogP contribution in [0.5, 0.6) is 17.2 Å². The predicted molar refractivity (Wildman–Crippen MR) is 78.2 cm³/mol. The van der Waals surface area contributed by atoms with E-state index in [0.29, 0.717) is 29.4 Å². The molecule has 0 fully saturated rings.